The van der Waals surface area contributed by atoms with Crippen LogP contribution < -0.4 is 4.90 Å². The third-order valence-electron chi connectivity index (χ3n) is 4.07. The van der Waals surface area contributed by atoms with E-state index in [1.165, 1.54) is 19.3 Å². The number of hydrogen-bond donors (Lipinski definition) is 0. The van der Waals surface area contributed by atoms with Gasteiger partial charge in [0, 0.05) is 19.2 Å². The lowest BCUT2D eigenvalue weighted by molar-refractivity contribution is 0.220. The second kappa shape index (κ2) is 5.66. The second-order valence-electron chi connectivity index (χ2n) is 6.58. The molecule has 2 heterocycles. The molecule has 3 nitrogen and oxygen atoms in total. The normalized spacial score (nSPS) is 21.3. The summed E-state index contributed by atoms with van der Waals surface area (Å²) in [6.07, 6.45) is 3.75. The molecule has 0 aliphatic carbocycles. The number of aromatic nitrogens is 2. The van der Waals surface area contributed by atoms with Crippen LogP contribution in [0.2, 0.25) is 5.15 Å². The van der Waals surface area contributed by atoms with Gasteiger partial charge in [0.1, 0.15) is 16.8 Å². The van der Waals surface area contributed by atoms with Gasteiger partial charge < -0.3 is 4.90 Å². The van der Waals surface area contributed by atoms with E-state index in [1.54, 1.807) is 0 Å². The minimum atomic E-state index is 0.398. The number of anilines is 1. The van der Waals surface area contributed by atoms with Gasteiger partial charge in [-0.2, -0.15) is 0 Å². The third-order valence-corrected chi connectivity index (χ3v) is 4.26. The van der Waals surface area contributed by atoms with Crippen molar-refractivity contribution < 1.29 is 0 Å². The van der Waals surface area contributed by atoms with Crippen molar-refractivity contribution in [3.8, 4) is 0 Å². The lowest BCUT2D eigenvalue weighted by Gasteiger charge is -2.30. The molecule has 1 saturated heterocycles. The molecule has 0 saturated carbocycles. The Morgan fingerprint density at radius 3 is 2.58 bits per heavy atom. The van der Waals surface area contributed by atoms with E-state index in [0.717, 1.165) is 30.6 Å². The molecule has 0 spiro atoms. The van der Waals surface area contributed by atoms with Crippen LogP contribution in [0, 0.1) is 18.3 Å². The van der Waals surface area contributed by atoms with Gasteiger partial charge >= 0.3 is 0 Å². The molecule has 1 aromatic heterocycles. The number of hydrogen-bond acceptors (Lipinski definition) is 3. The van der Waals surface area contributed by atoms with Crippen LogP contribution in [-0.4, -0.2) is 23.1 Å². The molecule has 0 amide bonds. The molecule has 106 valence electrons. The fourth-order valence-electron chi connectivity index (χ4n) is 2.87. The predicted octanol–water partition coefficient (Wildman–Crippen LogP) is 4.09. The third kappa shape index (κ3) is 3.82. The van der Waals surface area contributed by atoms with Gasteiger partial charge in [-0.15, -0.1) is 0 Å². The van der Waals surface area contributed by atoms with Crippen LogP contribution >= 0.6 is 11.6 Å². The van der Waals surface area contributed by atoms with Gasteiger partial charge in [0.25, 0.3) is 0 Å². The van der Waals surface area contributed by atoms with Crippen LogP contribution in [-0.2, 0) is 0 Å². The smallest absolute Gasteiger partial charge is 0.134 e. The fraction of sp³-hybridized carbons (Fsp3) is 0.733. The highest BCUT2D eigenvalue weighted by Crippen LogP contribution is 2.35. The molecule has 0 bridgehead atoms. The van der Waals surface area contributed by atoms with Crippen molar-refractivity contribution in [3.63, 3.8) is 0 Å². The highest BCUT2D eigenvalue weighted by atomic mass is 35.5. The molecule has 1 fully saturated rings. The van der Waals surface area contributed by atoms with E-state index < -0.39 is 0 Å². The van der Waals surface area contributed by atoms with Crippen LogP contribution in [0.25, 0.3) is 0 Å². The Kier molecular flexibility index (Phi) is 4.34. The average Bonchev–Trinajstić information content (AvgIpc) is 2.52. The first-order valence-corrected chi connectivity index (χ1v) is 7.50. The fourth-order valence-corrected chi connectivity index (χ4v) is 3.09. The van der Waals surface area contributed by atoms with Crippen molar-refractivity contribution in [1.29, 1.82) is 0 Å². The van der Waals surface area contributed by atoms with E-state index in [1.807, 2.05) is 13.0 Å². The Hall–Kier alpha value is -0.830. The van der Waals surface area contributed by atoms with Gasteiger partial charge in [-0.05, 0) is 37.5 Å². The van der Waals surface area contributed by atoms with Gasteiger partial charge in [-0.25, -0.2) is 9.97 Å². The van der Waals surface area contributed by atoms with E-state index >= 15 is 0 Å². The van der Waals surface area contributed by atoms with E-state index in [0.29, 0.717) is 10.6 Å². The van der Waals surface area contributed by atoms with Crippen LogP contribution in [0.4, 0.5) is 5.82 Å². The molecule has 19 heavy (non-hydrogen) atoms. The van der Waals surface area contributed by atoms with E-state index in [4.69, 9.17) is 11.6 Å². The van der Waals surface area contributed by atoms with Crippen molar-refractivity contribution >= 4 is 17.4 Å². The van der Waals surface area contributed by atoms with Crippen LogP contribution in [0.3, 0.4) is 0 Å². The molecular weight excluding hydrogens is 258 g/mol. The van der Waals surface area contributed by atoms with Crippen LogP contribution in [0.15, 0.2) is 6.07 Å². The maximum atomic E-state index is 6.03. The lowest BCUT2D eigenvalue weighted by Crippen LogP contribution is -2.27. The lowest BCUT2D eigenvalue weighted by atomic mass is 9.77. The van der Waals surface area contributed by atoms with Crippen LogP contribution in [0.1, 0.15) is 45.9 Å². The Morgan fingerprint density at radius 2 is 1.95 bits per heavy atom. The number of halogens is 1. The summed E-state index contributed by atoms with van der Waals surface area (Å²) in [4.78, 5) is 11.0. The summed E-state index contributed by atoms with van der Waals surface area (Å²) in [7, 11) is 0. The van der Waals surface area contributed by atoms with Crippen molar-refractivity contribution in [2.75, 3.05) is 18.0 Å². The summed E-state index contributed by atoms with van der Waals surface area (Å²) in [5, 5.41) is 0.541. The zero-order valence-corrected chi connectivity index (χ0v) is 13.2. The Bertz CT molecular complexity index is 419. The molecule has 1 atom stereocenters. The second-order valence-corrected chi connectivity index (χ2v) is 6.96. The largest absolute Gasteiger partial charge is 0.356 e. The zero-order chi connectivity index (χ0) is 14.0. The molecule has 1 aliphatic rings. The minimum Gasteiger partial charge on any atom is -0.356 e. The molecule has 0 N–H and O–H groups in total. The summed E-state index contributed by atoms with van der Waals surface area (Å²) in [6.45, 7) is 11.1. The van der Waals surface area contributed by atoms with Crippen molar-refractivity contribution in [2.24, 2.45) is 11.3 Å². The van der Waals surface area contributed by atoms with Crippen molar-refractivity contribution in [2.45, 2.75) is 47.0 Å². The monoisotopic (exact) mass is 281 g/mol. The summed E-state index contributed by atoms with van der Waals surface area (Å²) in [5.41, 5.74) is 0.398. The average molecular weight is 282 g/mol. The molecule has 4 heteroatoms. The number of nitrogens with zero attached hydrogens (tertiary/aromatic N) is 3. The maximum absolute atomic E-state index is 6.03. The number of rotatable bonds is 1. The molecule has 2 rings (SSSR count). The van der Waals surface area contributed by atoms with E-state index in [9.17, 15) is 0 Å². The Labute approximate surface area is 121 Å². The predicted molar refractivity (Wildman–Crippen MR) is 80.8 cm³/mol. The SMILES string of the molecule is Cc1nc(Cl)cc(N2CCCC(C(C)(C)C)CC2)n1. The maximum Gasteiger partial charge on any atom is 0.134 e. The zero-order valence-electron chi connectivity index (χ0n) is 12.4. The van der Waals surface area contributed by atoms with Crippen molar-refractivity contribution in [3.05, 3.63) is 17.0 Å². The first-order valence-electron chi connectivity index (χ1n) is 7.12. The Morgan fingerprint density at radius 1 is 1.21 bits per heavy atom. The van der Waals surface area contributed by atoms with Gasteiger partial charge in [-0.3, -0.25) is 0 Å². The Balaban J connectivity index is 2.11. The highest BCUT2D eigenvalue weighted by Gasteiger charge is 2.27. The topological polar surface area (TPSA) is 29.0 Å². The van der Waals surface area contributed by atoms with Crippen molar-refractivity contribution in [1.82, 2.24) is 9.97 Å². The summed E-state index contributed by atoms with van der Waals surface area (Å²) in [5.74, 6) is 2.52. The summed E-state index contributed by atoms with van der Waals surface area (Å²) in [6, 6.07) is 1.88. The first-order chi connectivity index (χ1) is 8.86. The molecule has 1 aromatic rings. The number of aryl methyl sites for hydroxylation is 1. The quantitative estimate of drug-likeness (QED) is 0.726. The van der Waals surface area contributed by atoms with Gasteiger partial charge in [0.2, 0.25) is 0 Å². The van der Waals surface area contributed by atoms with Gasteiger partial charge in [-0.1, -0.05) is 32.4 Å². The molecule has 1 aliphatic heterocycles. The molecule has 0 radical (unpaired) electrons. The van der Waals surface area contributed by atoms with Gasteiger partial charge in [0.15, 0.2) is 0 Å². The van der Waals surface area contributed by atoms with Gasteiger partial charge in [0.05, 0.1) is 0 Å². The molecular formula is C15H24ClN3. The summed E-state index contributed by atoms with van der Waals surface area (Å²) < 4.78 is 0. The molecule has 0 aromatic carbocycles. The molecule has 1 unspecified atom stereocenters. The summed E-state index contributed by atoms with van der Waals surface area (Å²) >= 11 is 6.03. The first kappa shape index (κ1) is 14.6. The van der Waals surface area contributed by atoms with Crippen LogP contribution in [0.5, 0.6) is 0 Å². The minimum absolute atomic E-state index is 0.398. The van der Waals surface area contributed by atoms with E-state index in [-0.39, 0.29) is 0 Å². The van der Waals surface area contributed by atoms with E-state index in [2.05, 4.69) is 35.6 Å². The standard InChI is InChI=1S/C15H24ClN3/c1-11-17-13(16)10-14(18-11)19-8-5-6-12(7-9-19)15(2,3)4/h10,12H,5-9H2,1-4H3. The highest BCUT2D eigenvalue weighted by molar-refractivity contribution is 6.29.